The van der Waals surface area contributed by atoms with Crippen molar-refractivity contribution < 1.29 is 17.9 Å². The van der Waals surface area contributed by atoms with E-state index in [1.165, 1.54) is 19.2 Å². The van der Waals surface area contributed by atoms with Crippen molar-refractivity contribution in [3.05, 3.63) is 29.6 Å². The van der Waals surface area contributed by atoms with Crippen molar-refractivity contribution in [3.63, 3.8) is 0 Å². The first kappa shape index (κ1) is 15.9. The molecule has 1 aromatic carbocycles. The maximum Gasteiger partial charge on any atom is 0.244 e. The molecule has 1 N–H and O–H groups in total. The van der Waals surface area contributed by atoms with Gasteiger partial charge in [0.2, 0.25) is 10.0 Å². The second-order valence-electron chi connectivity index (χ2n) is 5.42. The Hall–Kier alpha value is -1.49. The number of nitrogens with zero attached hydrogens (tertiary/aromatic N) is 2. The SMILES string of the molecule is CN(CC1(O)CCCC1)S(=O)(=O)c1cccc(F)c1C#N. The smallest absolute Gasteiger partial charge is 0.244 e. The van der Waals surface area contributed by atoms with Gasteiger partial charge in [-0.3, -0.25) is 0 Å². The minimum atomic E-state index is -4.02. The van der Waals surface area contributed by atoms with Gasteiger partial charge in [0.15, 0.2) is 0 Å². The Balaban J connectivity index is 2.34. The summed E-state index contributed by atoms with van der Waals surface area (Å²) >= 11 is 0. The maximum atomic E-state index is 13.6. The fourth-order valence-corrected chi connectivity index (χ4v) is 4.08. The van der Waals surface area contributed by atoms with E-state index in [1.807, 2.05) is 0 Å². The average molecular weight is 312 g/mol. The van der Waals surface area contributed by atoms with Crippen molar-refractivity contribution in [2.75, 3.05) is 13.6 Å². The first-order chi connectivity index (χ1) is 9.80. The molecule has 0 bridgehead atoms. The molecule has 0 amide bonds. The van der Waals surface area contributed by atoms with Crippen molar-refractivity contribution in [2.24, 2.45) is 0 Å². The quantitative estimate of drug-likeness (QED) is 0.916. The molecule has 21 heavy (non-hydrogen) atoms. The molecule has 0 radical (unpaired) electrons. The van der Waals surface area contributed by atoms with Crippen molar-refractivity contribution in [2.45, 2.75) is 36.2 Å². The zero-order chi connectivity index (χ0) is 15.7. The largest absolute Gasteiger partial charge is 0.389 e. The summed E-state index contributed by atoms with van der Waals surface area (Å²) < 4.78 is 39.5. The van der Waals surface area contributed by atoms with Gasteiger partial charge in [-0.15, -0.1) is 0 Å². The molecule has 0 atom stereocenters. The average Bonchev–Trinajstić information content (AvgIpc) is 2.84. The summed E-state index contributed by atoms with van der Waals surface area (Å²) in [6.45, 7) is -0.0588. The topological polar surface area (TPSA) is 81.4 Å². The normalized spacial score (nSPS) is 17.9. The number of halogens is 1. The summed E-state index contributed by atoms with van der Waals surface area (Å²) in [6.07, 6.45) is 2.80. The number of rotatable bonds is 4. The highest BCUT2D eigenvalue weighted by molar-refractivity contribution is 7.89. The van der Waals surface area contributed by atoms with E-state index in [-0.39, 0.29) is 11.4 Å². The molecular weight excluding hydrogens is 295 g/mol. The van der Waals surface area contributed by atoms with E-state index in [0.717, 1.165) is 23.2 Å². The summed E-state index contributed by atoms with van der Waals surface area (Å²) in [4.78, 5) is -0.367. The van der Waals surface area contributed by atoms with Crippen LogP contribution in [-0.2, 0) is 10.0 Å². The monoisotopic (exact) mass is 312 g/mol. The third-order valence-electron chi connectivity index (χ3n) is 3.83. The molecule has 1 aromatic rings. The minimum Gasteiger partial charge on any atom is -0.389 e. The van der Waals surface area contributed by atoms with Crippen LogP contribution in [-0.4, -0.2) is 37.0 Å². The van der Waals surface area contributed by atoms with Crippen LogP contribution in [0, 0.1) is 17.1 Å². The molecule has 5 nitrogen and oxygen atoms in total. The van der Waals surface area contributed by atoms with Crippen LogP contribution in [0.3, 0.4) is 0 Å². The molecule has 0 unspecified atom stereocenters. The van der Waals surface area contributed by atoms with Gasteiger partial charge in [-0.1, -0.05) is 18.9 Å². The maximum absolute atomic E-state index is 13.6. The van der Waals surface area contributed by atoms with E-state index in [0.29, 0.717) is 12.8 Å². The minimum absolute atomic E-state index is 0.0588. The van der Waals surface area contributed by atoms with Crippen LogP contribution in [0.5, 0.6) is 0 Å². The van der Waals surface area contributed by atoms with Crippen LogP contribution in [0.1, 0.15) is 31.2 Å². The Morgan fingerprint density at radius 3 is 2.62 bits per heavy atom. The molecule has 0 saturated heterocycles. The summed E-state index contributed by atoms with van der Waals surface area (Å²) in [5, 5.41) is 19.3. The molecule has 1 aliphatic rings. The van der Waals surface area contributed by atoms with Crippen LogP contribution in [0.2, 0.25) is 0 Å². The fourth-order valence-electron chi connectivity index (χ4n) is 2.69. The number of aliphatic hydroxyl groups is 1. The Bertz CT molecular complexity index is 676. The van der Waals surface area contributed by atoms with Crippen molar-refractivity contribution in [3.8, 4) is 6.07 Å². The Morgan fingerprint density at radius 1 is 1.43 bits per heavy atom. The third-order valence-corrected chi connectivity index (χ3v) is 5.67. The van der Waals surface area contributed by atoms with Crippen LogP contribution in [0.25, 0.3) is 0 Å². The predicted molar refractivity (Wildman–Crippen MR) is 74.3 cm³/mol. The van der Waals surface area contributed by atoms with E-state index < -0.39 is 27.0 Å². The van der Waals surface area contributed by atoms with Gasteiger partial charge >= 0.3 is 0 Å². The summed E-state index contributed by atoms with van der Waals surface area (Å²) in [7, 11) is -2.69. The zero-order valence-corrected chi connectivity index (χ0v) is 12.5. The van der Waals surface area contributed by atoms with Crippen molar-refractivity contribution >= 4 is 10.0 Å². The lowest BCUT2D eigenvalue weighted by atomic mass is 10.0. The standard InChI is InChI=1S/C14H17FN2O3S/c1-17(10-14(18)7-2-3-8-14)21(19,20)13-6-4-5-12(15)11(13)9-16/h4-6,18H,2-3,7-8,10H2,1H3. The van der Waals surface area contributed by atoms with Crippen LogP contribution >= 0.6 is 0 Å². The molecule has 0 aromatic heterocycles. The van der Waals surface area contributed by atoms with Crippen LogP contribution in [0.15, 0.2) is 23.1 Å². The molecule has 7 heteroatoms. The van der Waals surface area contributed by atoms with E-state index in [2.05, 4.69) is 0 Å². The molecule has 0 spiro atoms. The molecule has 1 aliphatic carbocycles. The fraction of sp³-hybridized carbons (Fsp3) is 0.500. The van der Waals surface area contributed by atoms with Gasteiger partial charge < -0.3 is 5.11 Å². The second-order valence-corrected chi connectivity index (χ2v) is 7.43. The summed E-state index contributed by atoms with van der Waals surface area (Å²) in [5.41, 5.74) is -1.54. The molecule has 0 heterocycles. The molecule has 2 rings (SSSR count). The van der Waals surface area contributed by atoms with Crippen LogP contribution < -0.4 is 0 Å². The first-order valence-electron chi connectivity index (χ1n) is 6.67. The predicted octanol–water partition coefficient (Wildman–Crippen LogP) is 1.62. The second kappa shape index (κ2) is 5.72. The van der Waals surface area contributed by atoms with Gasteiger partial charge in [0.1, 0.15) is 22.3 Å². The highest BCUT2D eigenvalue weighted by atomic mass is 32.2. The van der Waals surface area contributed by atoms with Gasteiger partial charge in [-0.2, -0.15) is 9.57 Å². The molecule has 114 valence electrons. The van der Waals surface area contributed by atoms with Gasteiger partial charge in [-0.25, -0.2) is 12.8 Å². The van der Waals surface area contributed by atoms with Gasteiger partial charge in [-0.05, 0) is 25.0 Å². The van der Waals surface area contributed by atoms with Crippen molar-refractivity contribution in [1.29, 1.82) is 5.26 Å². The van der Waals surface area contributed by atoms with Gasteiger partial charge in [0.25, 0.3) is 0 Å². The zero-order valence-electron chi connectivity index (χ0n) is 11.7. The lowest BCUT2D eigenvalue weighted by Crippen LogP contribution is -2.42. The van der Waals surface area contributed by atoms with E-state index in [4.69, 9.17) is 5.26 Å². The number of sulfonamides is 1. The number of benzene rings is 1. The molecule has 1 saturated carbocycles. The third kappa shape index (κ3) is 3.07. The lowest BCUT2D eigenvalue weighted by molar-refractivity contribution is 0.0333. The van der Waals surface area contributed by atoms with E-state index >= 15 is 0 Å². The molecular formula is C14H17FN2O3S. The van der Waals surface area contributed by atoms with Gasteiger partial charge in [0.05, 0.1) is 5.60 Å². The van der Waals surface area contributed by atoms with Gasteiger partial charge in [0, 0.05) is 13.6 Å². The number of hydrogen-bond acceptors (Lipinski definition) is 4. The number of nitriles is 1. The van der Waals surface area contributed by atoms with E-state index in [1.54, 1.807) is 6.07 Å². The highest BCUT2D eigenvalue weighted by Crippen LogP contribution is 2.31. The lowest BCUT2D eigenvalue weighted by Gasteiger charge is -2.28. The van der Waals surface area contributed by atoms with E-state index in [9.17, 15) is 17.9 Å². The highest BCUT2D eigenvalue weighted by Gasteiger charge is 2.36. The Morgan fingerprint density at radius 2 is 2.05 bits per heavy atom. The Labute approximate surface area is 123 Å². The molecule has 1 fully saturated rings. The summed E-state index contributed by atoms with van der Waals surface area (Å²) in [6, 6.07) is 5.08. The molecule has 0 aliphatic heterocycles. The van der Waals surface area contributed by atoms with Crippen molar-refractivity contribution in [1.82, 2.24) is 4.31 Å². The number of hydrogen-bond donors (Lipinski definition) is 1. The first-order valence-corrected chi connectivity index (χ1v) is 8.11. The van der Waals surface area contributed by atoms with Crippen LogP contribution in [0.4, 0.5) is 4.39 Å². The number of likely N-dealkylation sites (N-methyl/N-ethyl adjacent to an activating group) is 1. The summed E-state index contributed by atoms with van der Waals surface area (Å²) in [5.74, 6) is -0.869. The Kier molecular flexibility index (Phi) is 4.33.